The maximum atomic E-state index is 11.1. The second-order valence-electron chi connectivity index (χ2n) is 2.90. The third kappa shape index (κ3) is 1.39. The van der Waals surface area contributed by atoms with Crippen LogP contribution in [-0.4, -0.2) is 12.6 Å². The van der Waals surface area contributed by atoms with Gasteiger partial charge in [0.25, 0.3) is 5.91 Å². The molecule has 0 aliphatic heterocycles. The van der Waals surface area contributed by atoms with E-state index in [4.69, 9.17) is 28.7 Å². The van der Waals surface area contributed by atoms with Gasteiger partial charge in [0, 0.05) is 0 Å². The van der Waals surface area contributed by atoms with Gasteiger partial charge in [-0.25, -0.2) is 0 Å². The molecule has 1 amide bonds. The summed E-state index contributed by atoms with van der Waals surface area (Å²) in [6.07, 6.45) is 0. The summed E-state index contributed by atoms with van der Waals surface area (Å²) in [4.78, 5) is 14.6. The normalized spacial score (nSPS) is 9.87. The van der Waals surface area contributed by atoms with Gasteiger partial charge in [-0.1, -0.05) is 0 Å². The highest BCUT2D eigenvalue weighted by Gasteiger charge is 2.20. The number of primary amides is 1. The van der Waals surface area contributed by atoms with Gasteiger partial charge >= 0.3 is 0 Å². The zero-order valence-corrected chi connectivity index (χ0v) is 7.95. The molecule has 0 spiro atoms. The van der Waals surface area contributed by atoms with Crippen LogP contribution in [0.25, 0.3) is 0 Å². The van der Waals surface area contributed by atoms with Gasteiger partial charge in [-0.2, -0.15) is 0 Å². The number of anilines is 4. The first kappa shape index (κ1) is 10.6. The smallest absolute Gasteiger partial charge is 0.253 e. The Labute approximate surface area is 85.9 Å². The Morgan fingerprint density at radius 3 is 1.67 bits per heavy atom. The Hall–Kier alpha value is -2.44. The van der Waals surface area contributed by atoms with Crippen molar-refractivity contribution >= 4 is 41.1 Å². The number of hydrogen-bond donors (Lipinski definition) is 5. The molecule has 0 aliphatic carbocycles. The van der Waals surface area contributed by atoms with Crippen LogP contribution in [0.3, 0.4) is 0 Å². The van der Waals surface area contributed by atoms with Crippen LogP contribution in [0.1, 0.15) is 10.4 Å². The van der Waals surface area contributed by atoms with Crippen LogP contribution < -0.4 is 28.7 Å². The first-order chi connectivity index (χ1) is 6.91. The molecule has 7 heteroatoms. The molecule has 0 aliphatic rings. The highest BCUT2D eigenvalue weighted by molar-refractivity contribution is 6.11. The lowest BCUT2D eigenvalue weighted by atomic mass is 10.0. The van der Waals surface area contributed by atoms with Crippen molar-refractivity contribution in [1.82, 2.24) is 0 Å². The standard InChI is InChI=1S/C8H12N6O/c1-14-7-5(11)3(9)2(8(13)15)4(10)6(7)12/h1,9-12H2,(H2,13,15). The molecular formula is C8H12N6O. The van der Waals surface area contributed by atoms with Crippen LogP contribution >= 0.6 is 0 Å². The molecule has 0 bridgehead atoms. The van der Waals surface area contributed by atoms with E-state index < -0.39 is 5.91 Å². The van der Waals surface area contributed by atoms with Crippen LogP contribution in [0, 0.1) is 0 Å². The fraction of sp³-hybridized carbons (Fsp3) is 0. The lowest BCUT2D eigenvalue weighted by Gasteiger charge is -2.14. The molecule has 1 aromatic rings. The minimum atomic E-state index is -0.793. The number of hydrogen-bond acceptors (Lipinski definition) is 6. The Kier molecular flexibility index (Phi) is 2.39. The van der Waals surface area contributed by atoms with Crippen molar-refractivity contribution in [2.75, 3.05) is 22.9 Å². The number of nitrogen functional groups attached to an aromatic ring is 4. The summed E-state index contributed by atoms with van der Waals surface area (Å²) in [6.45, 7) is 3.27. The monoisotopic (exact) mass is 208 g/mol. The van der Waals surface area contributed by atoms with E-state index >= 15 is 0 Å². The molecule has 0 heterocycles. The van der Waals surface area contributed by atoms with Gasteiger partial charge in [0.05, 0.1) is 28.3 Å². The highest BCUT2D eigenvalue weighted by Crippen LogP contribution is 2.41. The van der Waals surface area contributed by atoms with Crippen LogP contribution in [0.5, 0.6) is 0 Å². The maximum Gasteiger partial charge on any atom is 0.253 e. The van der Waals surface area contributed by atoms with E-state index in [9.17, 15) is 4.79 Å². The van der Waals surface area contributed by atoms with Gasteiger partial charge in [-0.05, 0) is 6.72 Å². The lowest BCUT2D eigenvalue weighted by Crippen LogP contribution is -2.18. The van der Waals surface area contributed by atoms with Gasteiger partial charge in [0.1, 0.15) is 5.69 Å². The predicted molar refractivity (Wildman–Crippen MR) is 61.8 cm³/mol. The molecule has 0 saturated heterocycles. The van der Waals surface area contributed by atoms with Crippen LogP contribution in [-0.2, 0) is 0 Å². The number of benzene rings is 1. The summed E-state index contributed by atoms with van der Waals surface area (Å²) in [6, 6.07) is 0. The number of rotatable bonds is 2. The molecule has 80 valence electrons. The predicted octanol–water partition coefficient (Wildman–Crippen LogP) is -0.554. The first-order valence-corrected chi connectivity index (χ1v) is 3.94. The minimum Gasteiger partial charge on any atom is -0.396 e. The van der Waals surface area contributed by atoms with Crippen molar-refractivity contribution < 1.29 is 4.79 Å². The van der Waals surface area contributed by atoms with E-state index in [1.807, 2.05) is 0 Å². The van der Waals surface area contributed by atoms with Crippen molar-refractivity contribution in [1.29, 1.82) is 0 Å². The summed E-state index contributed by atoms with van der Waals surface area (Å²) in [7, 11) is 0. The van der Waals surface area contributed by atoms with Crippen LogP contribution in [0.4, 0.5) is 28.4 Å². The Morgan fingerprint density at radius 2 is 1.40 bits per heavy atom. The van der Waals surface area contributed by atoms with E-state index in [1.54, 1.807) is 0 Å². The zero-order valence-electron chi connectivity index (χ0n) is 7.95. The third-order valence-electron chi connectivity index (χ3n) is 2.03. The summed E-state index contributed by atoms with van der Waals surface area (Å²) in [5.74, 6) is -0.793. The van der Waals surface area contributed by atoms with E-state index in [-0.39, 0.29) is 34.0 Å². The Morgan fingerprint density at radius 1 is 1.00 bits per heavy atom. The average Bonchev–Trinajstić information content (AvgIpc) is 2.16. The van der Waals surface area contributed by atoms with Crippen molar-refractivity contribution in [2.45, 2.75) is 0 Å². The average molecular weight is 208 g/mol. The molecule has 7 nitrogen and oxygen atoms in total. The third-order valence-corrected chi connectivity index (χ3v) is 2.03. The number of aliphatic imine (C=N–C) groups is 1. The lowest BCUT2D eigenvalue weighted by molar-refractivity contribution is 0.100. The molecule has 0 atom stereocenters. The summed E-state index contributed by atoms with van der Waals surface area (Å²) in [5.41, 5.74) is 27.6. The van der Waals surface area contributed by atoms with E-state index in [2.05, 4.69) is 11.7 Å². The van der Waals surface area contributed by atoms with Crippen molar-refractivity contribution in [3.05, 3.63) is 5.56 Å². The molecule has 1 aromatic carbocycles. The summed E-state index contributed by atoms with van der Waals surface area (Å²) in [5, 5.41) is 0. The van der Waals surface area contributed by atoms with Gasteiger partial charge in [-0.3, -0.25) is 9.79 Å². The number of nitrogens with zero attached hydrogens (tertiary/aromatic N) is 1. The van der Waals surface area contributed by atoms with E-state index in [1.165, 1.54) is 0 Å². The quantitative estimate of drug-likeness (QED) is 0.325. The number of nitrogens with two attached hydrogens (primary N) is 5. The number of carbonyl (C=O) groups is 1. The van der Waals surface area contributed by atoms with Gasteiger partial charge in [0.2, 0.25) is 0 Å². The van der Waals surface area contributed by atoms with Crippen molar-refractivity contribution in [2.24, 2.45) is 10.7 Å². The molecular weight excluding hydrogens is 196 g/mol. The van der Waals surface area contributed by atoms with Crippen LogP contribution in [0.15, 0.2) is 4.99 Å². The second-order valence-corrected chi connectivity index (χ2v) is 2.90. The molecule has 0 radical (unpaired) electrons. The molecule has 0 saturated carbocycles. The topological polar surface area (TPSA) is 160 Å². The zero-order chi connectivity index (χ0) is 11.7. The molecule has 10 N–H and O–H groups in total. The first-order valence-electron chi connectivity index (χ1n) is 3.94. The maximum absolute atomic E-state index is 11.1. The fourth-order valence-electron chi connectivity index (χ4n) is 1.25. The molecule has 0 fully saturated rings. The second kappa shape index (κ2) is 3.37. The minimum absolute atomic E-state index is 0.0309. The molecule has 15 heavy (non-hydrogen) atoms. The molecule has 1 rings (SSSR count). The van der Waals surface area contributed by atoms with Crippen LogP contribution in [0.2, 0.25) is 0 Å². The Balaban J connectivity index is 3.74. The highest BCUT2D eigenvalue weighted by atomic mass is 16.1. The molecule has 0 unspecified atom stereocenters. The van der Waals surface area contributed by atoms with Gasteiger partial charge in [0.15, 0.2) is 0 Å². The number of carbonyl (C=O) groups excluding carboxylic acids is 1. The number of amides is 1. The Bertz CT molecular complexity index is 424. The summed E-state index contributed by atoms with van der Waals surface area (Å²) < 4.78 is 0. The SMILES string of the molecule is C=Nc1c(N)c(N)c(C(N)=O)c(N)c1N. The van der Waals surface area contributed by atoms with Crippen molar-refractivity contribution in [3.8, 4) is 0 Å². The van der Waals surface area contributed by atoms with E-state index in [0.29, 0.717) is 0 Å². The van der Waals surface area contributed by atoms with Crippen molar-refractivity contribution in [3.63, 3.8) is 0 Å². The van der Waals surface area contributed by atoms with E-state index in [0.717, 1.165) is 0 Å². The van der Waals surface area contributed by atoms with Gasteiger partial charge in [-0.15, -0.1) is 0 Å². The fourth-order valence-corrected chi connectivity index (χ4v) is 1.25. The summed E-state index contributed by atoms with van der Waals surface area (Å²) >= 11 is 0. The largest absolute Gasteiger partial charge is 0.396 e. The molecule has 0 aromatic heterocycles. The van der Waals surface area contributed by atoms with Gasteiger partial charge < -0.3 is 28.7 Å².